The summed E-state index contributed by atoms with van der Waals surface area (Å²) in [6.07, 6.45) is 5.40. The van der Waals surface area contributed by atoms with Crippen molar-refractivity contribution < 1.29 is 18.7 Å². The molecule has 45 heavy (non-hydrogen) atoms. The Morgan fingerprint density at radius 2 is 1.62 bits per heavy atom. The van der Waals surface area contributed by atoms with E-state index in [0.717, 1.165) is 62.1 Å². The lowest BCUT2D eigenvalue weighted by Crippen LogP contribution is -2.46. The second-order valence-corrected chi connectivity index (χ2v) is 12.9. The van der Waals surface area contributed by atoms with Gasteiger partial charge in [-0.15, -0.1) is 0 Å². The summed E-state index contributed by atoms with van der Waals surface area (Å²) in [4.78, 5) is 32.9. The fourth-order valence-corrected chi connectivity index (χ4v) is 6.63. The highest BCUT2D eigenvalue weighted by molar-refractivity contribution is 6.31. The van der Waals surface area contributed by atoms with Crippen molar-refractivity contribution in [1.29, 1.82) is 0 Å². The van der Waals surface area contributed by atoms with Gasteiger partial charge in [0.25, 0.3) is 0 Å². The van der Waals surface area contributed by atoms with E-state index < -0.39 is 0 Å². The Morgan fingerprint density at radius 3 is 2.31 bits per heavy atom. The number of piperidine rings is 2. The Hall–Kier alpha value is -3.26. The van der Waals surface area contributed by atoms with E-state index in [1.54, 1.807) is 12.1 Å². The van der Waals surface area contributed by atoms with Crippen LogP contribution >= 0.6 is 11.6 Å². The van der Waals surface area contributed by atoms with Crippen molar-refractivity contribution in [2.24, 2.45) is 11.8 Å². The van der Waals surface area contributed by atoms with Crippen LogP contribution in [-0.4, -0.2) is 67.5 Å². The molecule has 0 unspecified atom stereocenters. The molecule has 0 saturated carbocycles. The molecule has 2 aliphatic heterocycles. The van der Waals surface area contributed by atoms with Crippen molar-refractivity contribution in [3.63, 3.8) is 0 Å². The first-order valence-electron chi connectivity index (χ1n) is 16.3. The van der Waals surface area contributed by atoms with Crippen LogP contribution in [0.25, 0.3) is 0 Å². The smallest absolute Gasteiger partial charge is 0.248 e. The second kappa shape index (κ2) is 16.3. The summed E-state index contributed by atoms with van der Waals surface area (Å²) in [5.74, 6) is 0.379. The molecule has 6 nitrogen and oxygen atoms in total. The molecule has 0 atom stereocenters. The third kappa shape index (κ3) is 9.62. The summed E-state index contributed by atoms with van der Waals surface area (Å²) >= 11 is 6.50. The molecule has 0 bridgehead atoms. The van der Waals surface area contributed by atoms with Gasteiger partial charge in [-0.25, -0.2) is 4.39 Å². The fraction of sp³-hybridized carbons (Fsp3) is 0.459. The molecule has 0 radical (unpaired) electrons. The monoisotopic (exact) mass is 633 g/mol. The van der Waals surface area contributed by atoms with Crippen LogP contribution in [0.15, 0.2) is 72.8 Å². The lowest BCUT2D eigenvalue weighted by atomic mass is 9.90. The van der Waals surface area contributed by atoms with E-state index in [1.165, 1.54) is 5.56 Å². The normalized spacial score (nSPS) is 16.6. The SMILES string of the molecule is Cc1ccc(N(CCCN2CCC(Cc3ccc(F)cc3)CC2)C(=O)C2CCN(C(=O)COCc3ccccc3)CC2)cc1Cl. The van der Waals surface area contributed by atoms with Crippen LogP contribution in [0.4, 0.5) is 10.1 Å². The predicted molar refractivity (Wildman–Crippen MR) is 178 cm³/mol. The molecule has 5 rings (SSSR count). The van der Waals surface area contributed by atoms with Gasteiger partial charge in [-0.3, -0.25) is 9.59 Å². The van der Waals surface area contributed by atoms with Crippen LogP contribution in [0.2, 0.25) is 5.02 Å². The quantitative estimate of drug-likeness (QED) is 0.217. The van der Waals surface area contributed by atoms with Crippen molar-refractivity contribution in [3.8, 4) is 0 Å². The van der Waals surface area contributed by atoms with Crippen molar-refractivity contribution >= 4 is 29.1 Å². The van der Waals surface area contributed by atoms with Crippen molar-refractivity contribution in [2.75, 3.05) is 50.8 Å². The minimum atomic E-state index is -0.185. The van der Waals surface area contributed by atoms with E-state index in [-0.39, 0.29) is 30.2 Å². The molecule has 0 spiro atoms. The Balaban J connectivity index is 1.10. The van der Waals surface area contributed by atoms with Gasteiger partial charge in [0.1, 0.15) is 12.4 Å². The summed E-state index contributed by atoms with van der Waals surface area (Å²) < 4.78 is 18.9. The van der Waals surface area contributed by atoms with E-state index >= 15 is 0 Å². The fourth-order valence-electron chi connectivity index (χ4n) is 6.45. The van der Waals surface area contributed by atoms with Crippen LogP contribution in [0.1, 0.15) is 48.8 Å². The standard InChI is InChI=1S/C37H45ClFN3O3/c1-28-8-13-34(25-35(28)38)42(19-5-18-40-20-14-30(15-21-40)24-29-9-11-33(39)12-10-29)37(44)32-16-22-41(23-17-32)36(43)27-45-26-31-6-3-2-4-7-31/h2-4,6-13,25,30,32H,5,14-24,26-27H2,1H3. The Bertz CT molecular complexity index is 1390. The van der Waals surface area contributed by atoms with Crippen LogP contribution in [-0.2, 0) is 27.4 Å². The number of carbonyl (C=O) groups is 2. The van der Waals surface area contributed by atoms with Gasteiger partial charge in [-0.05, 0) is 112 Å². The molecular weight excluding hydrogens is 589 g/mol. The third-order valence-electron chi connectivity index (χ3n) is 9.27. The molecule has 2 aliphatic rings. The van der Waals surface area contributed by atoms with Gasteiger partial charge in [0, 0.05) is 36.3 Å². The predicted octanol–water partition coefficient (Wildman–Crippen LogP) is 6.92. The number of hydrogen-bond donors (Lipinski definition) is 0. The van der Waals surface area contributed by atoms with Gasteiger partial charge in [-0.2, -0.15) is 0 Å². The summed E-state index contributed by atoms with van der Waals surface area (Å²) in [7, 11) is 0. The maximum Gasteiger partial charge on any atom is 0.248 e. The molecule has 240 valence electrons. The average Bonchev–Trinajstić information content (AvgIpc) is 3.06. The maximum atomic E-state index is 13.9. The molecule has 3 aromatic carbocycles. The highest BCUT2D eigenvalue weighted by Gasteiger charge is 2.31. The lowest BCUT2D eigenvalue weighted by Gasteiger charge is -2.35. The van der Waals surface area contributed by atoms with E-state index in [2.05, 4.69) is 4.90 Å². The van der Waals surface area contributed by atoms with Crippen molar-refractivity contribution in [1.82, 2.24) is 9.80 Å². The van der Waals surface area contributed by atoms with Crippen LogP contribution < -0.4 is 4.90 Å². The lowest BCUT2D eigenvalue weighted by molar-refractivity contribution is -0.139. The molecule has 0 aromatic heterocycles. The number of nitrogens with zero attached hydrogens (tertiary/aromatic N) is 3. The molecule has 3 aromatic rings. The van der Waals surface area contributed by atoms with Crippen LogP contribution in [0.5, 0.6) is 0 Å². The maximum absolute atomic E-state index is 13.9. The number of benzene rings is 3. The van der Waals surface area contributed by atoms with Gasteiger partial charge < -0.3 is 19.4 Å². The number of aryl methyl sites for hydroxylation is 1. The largest absolute Gasteiger partial charge is 0.367 e. The number of ether oxygens (including phenoxy) is 1. The third-order valence-corrected chi connectivity index (χ3v) is 9.68. The number of rotatable bonds is 12. The van der Waals surface area contributed by atoms with Gasteiger partial charge in [0.05, 0.1) is 6.61 Å². The summed E-state index contributed by atoms with van der Waals surface area (Å²) in [5, 5.41) is 0.657. The van der Waals surface area contributed by atoms with Gasteiger partial charge >= 0.3 is 0 Å². The number of amides is 2. The van der Waals surface area contributed by atoms with E-state index in [4.69, 9.17) is 16.3 Å². The Morgan fingerprint density at radius 1 is 0.911 bits per heavy atom. The first-order chi connectivity index (χ1) is 21.9. The topological polar surface area (TPSA) is 53.1 Å². The second-order valence-electron chi connectivity index (χ2n) is 12.5. The highest BCUT2D eigenvalue weighted by atomic mass is 35.5. The molecule has 2 fully saturated rings. The Kier molecular flexibility index (Phi) is 12.0. The first kappa shape index (κ1) is 33.1. The summed E-state index contributed by atoms with van der Waals surface area (Å²) in [5.41, 5.74) is 4.06. The minimum Gasteiger partial charge on any atom is -0.367 e. The zero-order chi connectivity index (χ0) is 31.6. The molecule has 2 heterocycles. The van der Waals surface area contributed by atoms with E-state index in [1.807, 2.05) is 77.4 Å². The molecule has 2 amide bonds. The molecule has 0 aliphatic carbocycles. The number of carbonyl (C=O) groups excluding carboxylic acids is 2. The van der Waals surface area contributed by atoms with Gasteiger partial charge in [-0.1, -0.05) is 60.1 Å². The van der Waals surface area contributed by atoms with Gasteiger partial charge in [0.15, 0.2) is 0 Å². The number of hydrogen-bond acceptors (Lipinski definition) is 4. The van der Waals surface area contributed by atoms with Gasteiger partial charge in [0.2, 0.25) is 11.8 Å². The number of halogens is 2. The summed E-state index contributed by atoms with van der Waals surface area (Å²) in [6, 6.07) is 22.6. The zero-order valence-electron chi connectivity index (χ0n) is 26.3. The first-order valence-corrected chi connectivity index (χ1v) is 16.7. The van der Waals surface area contributed by atoms with Crippen molar-refractivity contribution in [2.45, 2.75) is 52.1 Å². The number of anilines is 1. The highest BCUT2D eigenvalue weighted by Crippen LogP contribution is 2.28. The number of likely N-dealkylation sites (tertiary alicyclic amines) is 2. The zero-order valence-corrected chi connectivity index (χ0v) is 27.1. The summed E-state index contributed by atoms with van der Waals surface area (Å²) in [6.45, 7) is 7.17. The Labute approximate surface area is 272 Å². The van der Waals surface area contributed by atoms with E-state index in [0.29, 0.717) is 50.0 Å². The molecule has 8 heteroatoms. The van der Waals surface area contributed by atoms with E-state index in [9.17, 15) is 14.0 Å². The van der Waals surface area contributed by atoms with Crippen LogP contribution in [0.3, 0.4) is 0 Å². The van der Waals surface area contributed by atoms with Crippen LogP contribution in [0, 0.1) is 24.6 Å². The molecule has 0 N–H and O–H groups in total. The minimum absolute atomic E-state index is 0.0274. The molecule has 2 saturated heterocycles. The van der Waals surface area contributed by atoms with Crippen molar-refractivity contribution in [3.05, 3.63) is 100 Å². The average molecular weight is 634 g/mol. The molecular formula is C37H45ClFN3O3.